The smallest absolute Gasteiger partial charge is 0.281 e. The number of amides is 1. The van der Waals surface area contributed by atoms with E-state index in [-0.39, 0.29) is 11.7 Å². The second kappa shape index (κ2) is 6.10. The van der Waals surface area contributed by atoms with Crippen LogP contribution in [0.5, 0.6) is 11.5 Å². The number of benzene rings is 2. The van der Waals surface area contributed by atoms with Gasteiger partial charge in [0.25, 0.3) is 5.91 Å². The van der Waals surface area contributed by atoms with Crippen molar-refractivity contribution in [1.82, 2.24) is 5.32 Å². The monoisotopic (exact) mass is 326 g/mol. The molecule has 5 nitrogen and oxygen atoms in total. The Balaban J connectivity index is 1.97. The van der Waals surface area contributed by atoms with Gasteiger partial charge in [-0.2, -0.15) is 0 Å². The minimum absolute atomic E-state index is 0.0267. The number of anilines is 1. The van der Waals surface area contributed by atoms with Crippen LogP contribution in [0.25, 0.3) is 6.08 Å². The molecule has 0 radical (unpaired) electrons. The molecule has 0 atom stereocenters. The summed E-state index contributed by atoms with van der Waals surface area (Å²) in [5.41, 5.74) is 1.45. The van der Waals surface area contributed by atoms with Gasteiger partial charge in [-0.05, 0) is 36.5 Å². The van der Waals surface area contributed by atoms with Crippen LogP contribution in [0.15, 0.2) is 54.2 Å². The molecule has 0 unspecified atom stereocenters. The van der Waals surface area contributed by atoms with Gasteiger partial charge in [-0.25, -0.2) is 0 Å². The molecule has 0 aromatic heterocycles. The first kappa shape index (κ1) is 15.1. The second-order valence-electron chi connectivity index (χ2n) is 4.86. The molecule has 2 N–H and O–H groups in total. The van der Waals surface area contributed by atoms with Crippen molar-refractivity contribution in [1.29, 1.82) is 0 Å². The van der Waals surface area contributed by atoms with Gasteiger partial charge in [-0.3, -0.25) is 9.69 Å². The Bertz CT molecular complexity index is 803. The highest BCUT2D eigenvalue weighted by Crippen LogP contribution is 2.31. The quantitative estimate of drug-likeness (QED) is 0.671. The lowest BCUT2D eigenvalue weighted by Crippen LogP contribution is -2.30. The summed E-state index contributed by atoms with van der Waals surface area (Å²) >= 11 is 5.24. The standard InChI is InChI=1S/C17H14N2O3S/c1-22-14-9-5-6-11(15(14)20)10-13-16(21)19(17(23)18-13)12-7-3-2-4-8-12/h2-10,20H,1H3,(H,18,23)/b13-10+. The normalized spacial score (nSPS) is 15.9. The first-order chi connectivity index (χ1) is 11.1. The van der Waals surface area contributed by atoms with E-state index in [9.17, 15) is 9.90 Å². The number of thiocarbonyl (C=S) groups is 1. The Kier molecular flexibility index (Phi) is 3.99. The Labute approximate surface area is 138 Å². The number of phenols is 1. The fourth-order valence-electron chi connectivity index (χ4n) is 2.32. The molecule has 116 valence electrons. The predicted molar refractivity (Wildman–Crippen MR) is 92.3 cm³/mol. The summed E-state index contributed by atoms with van der Waals surface area (Å²) in [5, 5.41) is 13.3. The summed E-state index contributed by atoms with van der Waals surface area (Å²) in [6.45, 7) is 0. The van der Waals surface area contributed by atoms with Gasteiger partial charge in [0.15, 0.2) is 16.6 Å². The topological polar surface area (TPSA) is 61.8 Å². The summed E-state index contributed by atoms with van der Waals surface area (Å²) in [6, 6.07) is 14.2. The number of hydrogen-bond donors (Lipinski definition) is 2. The summed E-state index contributed by atoms with van der Waals surface area (Å²) in [4.78, 5) is 14.0. The van der Waals surface area contributed by atoms with Gasteiger partial charge in [0.2, 0.25) is 0 Å². The van der Waals surface area contributed by atoms with E-state index in [1.165, 1.54) is 12.0 Å². The third-order valence-corrected chi connectivity index (χ3v) is 3.73. The lowest BCUT2D eigenvalue weighted by molar-refractivity contribution is -0.113. The predicted octanol–water partition coefficient (Wildman–Crippen LogP) is 2.66. The molecule has 6 heteroatoms. The number of hydrogen-bond acceptors (Lipinski definition) is 4. The second-order valence-corrected chi connectivity index (χ2v) is 5.25. The van der Waals surface area contributed by atoms with Crippen LogP contribution in [0.1, 0.15) is 5.56 Å². The van der Waals surface area contributed by atoms with E-state index in [2.05, 4.69) is 5.32 Å². The molecule has 0 spiro atoms. The third kappa shape index (κ3) is 2.76. The Morgan fingerprint density at radius 3 is 2.61 bits per heavy atom. The lowest BCUT2D eigenvalue weighted by Gasteiger charge is -2.13. The van der Waals surface area contributed by atoms with E-state index in [0.29, 0.717) is 27.8 Å². The summed E-state index contributed by atoms with van der Waals surface area (Å²) in [6.07, 6.45) is 1.55. The van der Waals surface area contributed by atoms with Crippen molar-refractivity contribution in [3.05, 3.63) is 59.8 Å². The average molecular weight is 326 g/mol. The van der Waals surface area contributed by atoms with E-state index in [4.69, 9.17) is 17.0 Å². The fraction of sp³-hybridized carbons (Fsp3) is 0.0588. The van der Waals surface area contributed by atoms with Gasteiger partial charge in [0.1, 0.15) is 5.70 Å². The summed E-state index contributed by atoms with van der Waals surface area (Å²) in [7, 11) is 1.47. The molecule has 2 aromatic rings. The zero-order valence-electron chi connectivity index (χ0n) is 12.3. The van der Waals surface area contributed by atoms with Crippen LogP contribution in [0.4, 0.5) is 5.69 Å². The molecule has 1 heterocycles. The number of nitrogens with zero attached hydrogens (tertiary/aromatic N) is 1. The van der Waals surface area contributed by atoms with Crippen LogP contribution < -0.4 is 15.0 Å². The summed E-state index contributed by atoms with van der Waals surface area (Å²) in [5.74, 6) is 0.0388. The molecular weight excluding hydrogens is 312 g/mol. The number of aromatic hydroxyl groups is 1. The molecule has 1 aliphatic heterocycles. The minimum Gasteiger partial charge on any atom is -0.504 e. The molecule has 1 amide bonds. The first-order valence-corrected chi connectivity index (χ1v) is 7.31. The van der Waals surface area contributed by atoms with E-state index in [1.54, 1.807) is 36.4 Å². The highest BCUT2D eigenvalue weighted by Gasteiger charge is 2.32. The van der Waals surface area contributed by atoms with Crippen molar-refractivity contribution in [3.8, 4) is 11.5 Å². The van der Waals surface area contributed by atoms with Gasteiger partial charge in [-0.15, -0.1) is 0 Å². The molecule has 0 bridgehead atoms. The van der Waals surface area contributed by atoms with Crippen molar-refractivity contribution in [2.24, 2.45) is 0 Å². The number of rotatable bonds is 3. The average Bonchev–Trinajstić information content (AvgIpc) is 2.84. The van der Waals surface area contributed by atoms with Crippen LogP contribution in [0.2, 0.25) is 0 Å². The maximum absolute atomic E-state index is 12.6. The Hall–Kier alpha value is -2.86. The number of nitrogens with one attached hydrogen (secondary N) is 1. The van der Waals surface area contributed by atoms with Crippen molar-refractivity contribution < 1.29 is 14.6 Å². The maximum atomic E-state index is 12.6. The number of phenolic OH excluding ortho intramolecular Hbond substituents is 1. The number of methoxy groups -OCH3 is 1. The van der Waals surface area contributed by atoms with Crippen LogP contribution in [0.3, 0.4) is 0 Å². The van der Waals surface area contributed by atoms with Crippen LogP contribution in [0, 0.1) is 0 Å². The number of carbonyl (C=O) groups is 1. The zero-order chi connectivity index (χ0) is 16.4. The van der Waals surface area contributed by atoms with Crippen LogP contribution in [-0.2, 0) is 4.79 Å². The molecule has 2 aromatic carbocycles. The van der Waals surface area contributed by atoms with Crippen molar-refractivity contribution in [3.63, 3.8) is 0 Å². The fourth-order valence-corrected chi connectivity index (χ4v) is 2.62. The molecular formula is C17H14N2O3S. The molecule has 1 saturated heterocycles. The zero-order valence-corrected chi connectivity index (χ0v) is 13.1. The maximum Gasteiger partial charge on any atom is 0.281 e. The van der Waals surface area contributed by atoms with Crippen molar-refractivity contribution in [2.45, 2.75) is 0 Å². The van der Waals surface area contributed by atoms with Gasteiger partial charge in [0.05, 0.1) is 12.8 Å². The largest absolute Gasteiger partial charge is 0.504 e. The highest BCUT2D eigenvalue weighted by molar-refractivity contribution is 7.80. The van der Waals surface area contributed by atoms with Gasteiger partial charge in [-0.1, -0.05) is 30.3 Å². The number of ether oxygens (including phenoxy) is 1. The molecule has 0 saturated carbocycles. The van der Waals surface area contributed by atoms with Gasteiger partial charge >= 0.3 is 0 Å². The van der Waals surface area contributed by atoms with Gasteiger partial charge in [0, 0.05) is 5.56 Å². The molecule has 1 aliphatic rings. The van der Waals surface area contributed by atoms with E-state index >= 15 is 0 Å². The lowest BCUT2D eigenvalue weighted by atomic mass is 10.1. The Morgan fingerprint density at radius 1 is 1.17 bits per heavy atom. The van der Waals surface area contributed by atoms with Crippen LogP contribution in [-0.4, -0.2) is 23.2 Å². The first-order valence-electron chi connectivity index (χ1n) is 6.90. The van der Waals surface area contributed by atoms with E-state index in [0.717, 1.165) is 0 Å². The molecule has 0 aliphatic carbocycles. The molecule has 23 heavy (non-hydrogen) atoms. The summed E-state index contributed by atoms with van der Waals surface area (Å²) < 4.78 is 5.07. The van der Waals surface area contributed by atoms with E-state index < -0.39 is 0 Å². The SMILES string of the molecule is COc1cccc(/C=C2/NC(=S)N(c3ccccc3)C2=O)c1O. The third-order valence-electron chi connectivity index (χ3n) is 3.44. The van der Waals surface area contributed by atoms with Crippen molar-refractivity contribution >= 4 is 35.0 Å². The van der Waals surface area contributed by atoms with Gasteiger partial charge < -0.3 is 15.2 Å². The molecule has 1 fully saturated rings. The van der Waals surface area contributed by atoms with Crippen molar-refractivity contribution in [2.75, 3.05) is 12.0 Å². The number of para-hydroxylation sites is 2. The number of carbonyl (C=O) groups excluding carboxylic acids is 1. The Morgan fingerprint density at radius 2 is 1.91 bits per heavy atom. The minimum atomic E-state index is -0.275. The highest BCUT2D eigenvalue weighted by atomic mass is 32.1. The molecule has 3 rings (SSSR count). The van der Waals surface area contributed by atoms with E-state index in [1.807, 2.05) is 18.2 Å². The van der Waals surface area contributed by atoms with Crippen LogP contribution >= 0.6 is 12.2 Å².